The lowest BCUT2D eigenvalue weighted by molar-refractivity contribution is 0.0732. The van der Waals surface area contributed by atoms with Gasteiger partial charge in [0.25, 0.3) is 11.8 Å². The molecular weight excluding hydrogens is 430 g/mol. The van der Waals surface area contributed by atoms with Crippen LogP contribution in [0.3, 0.4) is 0 Å². The number of amides is 2. The van der Waals surface area contributed by atoms with E-state index < -0.39 is 0 Å². The van der Waals surface area contributed by atoms with Crippen molar-refractivity contribution in [2.24, 2.45) is 7.05 Å². The Hall–Kier alpha value is -3.42. The van der Waals surface area contributed by atoms with E-state index in [1.165, 1.54) is 5.56 Å². The summed E-state index contributed by atoms with van der Waals surface area (Å²) in [4.78, 5) is 27.6. The van der Waals surface area contributed by atoms with Crippen LogP contribution < -0.4 is 5.32 Å². The molecule has 3 heterocycles. The molecule has 3 aromatic rings. The SMILES string of the molecule is CCCc1ccc(C(=O)N2CCc3c(c(CNC(=O)c4cc(C(C)(C)C)no4)nn3C)C2)cc1. The summed E-state index contributed by atoms with van der Waals surface area (Å²) in [7, 11) is 1.90. The topological polar surface area (TPSA) is 93.3 Å². The quantitative estimate of drug-likeness (QED) is 0.600. The molecular formula is C26H33N5O3. The predicted octanol–water partition coefficient (Wildman–Crippen LogP) is 3.79. The predicted molar refractivity (Wildman–Crippen MR) is 128 cm³/mol. The lowest BCUT2D eigenvalue weighted by atomic mass is 9.92. The van der Waals surface area contributed by atoms with E-state index in [0.29, 0.717) is 18.7 Å². The van der Waals surface area contributed by atoms with Crippen LogP contribution in [-0.2, 0) is 38.4 Å². The van der Waals surface area contributed by atoms with Gasteiger partial charge in [0.15, 0.2) is 0 Å². The van der Waals surface area contributed by atoms with E-state index in [1.807, 2.05) is 61.7 Å². The first-order valence-electron chi connectivity index (χ1n) is 11.8. The van der Waals surface area contributed by atoms with Gasteiger partial charge in [0.2, 0.25) is 5.76 Å². The monoisotopic (exact) mass is 463 g/mol. The Kier molecular flexibility index (Phi) is 6.59. The first-order chi connectivity index (χ1) is 16.2. The maximum absolute atomic E-state index is 13.1. The highest BCUT2D eigenvalue weighted by Crippen LogP contribution is 2.24. The van der Waals surface area contributed by atoms with Gasteiger partial charge in [0.05, 0.1) is 17.9 Å². The van der Waals surface area contributed by atoms with Crippen molar-refractivity contribution in [2.45, 2.75) is 65.5 Å². The van der Waals surface area contributed by atoms with Crippen LogP contribution in [0.15, 0.2) is 34.9 Å². The highest BCUT2D eigenvalue weighted by molar-refractivity contribution is 5.94. The molecule has 0 atom stereocenters. The van der Waals surface area contributed by atoms with Gasteiger partial charge in [-0.2, -0.15) is 5.10 Å². The van der Waals surface area contributed by atoms with Crippen molar-refractivity contribution in [1.82, 2.24) is 25.2 Å². The summed E-state index contributed by atoms with van der Waals surface area (Å²) in [5.74, 6) is -0.139. The van der Waals surface area contributed by atoms with Crippen molar-refractivity contribution in [3.63, 3.8) is 0 Å². The van der Waals surface area contributed by atoms with Crippen molar-refractivity contribution >= 4 is 11.8 Å². The Labute approximate surface area is 200 Å². The fourth-order valence-corrected chi connectivity index (χ4v) is 4.26. The number of aryl methyl sites for hydroxylation is 2. The van der Waals surface area contributed by atoms with Gasteiger partial charge in [-0.1, -0.05) is 51.4 Å². The molecule has 180 valence electrons. The van der Waals surface area contributed by atoms with Gasteiger partial charge in [-0.3, -0.25) is 14.3 Å². The molecule has 2 aromatic heterocycles. The Bertz CT molecular complexity index is 1180. The number of rotatable bonds is 6. The number of carbonyl (C=O) groups excluding carboxylic acids is 2. The first kappa shape index (κ1) is 23.7. The molecule has 0 bridgehead atoms. The fourth-order valence-electron chi connectivity index (χ4n) is 4.26. The van der Waals surface area contributed by atoms with Crippen molar-refractivity contribution in [1.29, 1.82) is 0 Å². The number of nitrogens with one attached hydrogen (secondary N) is 1. The third-order valence-electron chi connectivity index (χ3n) is 6.27. The number of hydrogen-bond donors (Lipinski definition) is 1. The highest BCUT2D eigenvalue weighted by atomic mass is 16.5. The van der Waals surface area contributed by atoms with Crippen LogP contribution in [0.4, 0.5) is 0 Å². The molecule has 1 N–H and O–H groups in total. The standard InChI is InChI=1S/C26H33N5O3/c1-6-7-17-8-10-18(11-9-17)25(33)31-13-12-21-19(16-31)20(28-30(21)5)15-27-24(32)22-14-23(29-34-22)26(2,3)4/h8-11,14H,6-7,12-13,15-16H2,1-5H3,(H,27,32). The molecule has 2 amide bonds. The number of nitrogens with zero attached hydrogens (tertiary/aromatic N) is 4. The van der Waals surface area contributed by atoms with Crippen LogP contribution in [0, 0.1) is 0 Å². The molecule has 0 saturated heterocycles. The Morgan fingerprint density at radius 2 is 1.91 bits per heavy atom. The van der Waals surface area contributed by atoms with Crippen molar-refractivity contribution in [3.8, 4) is 0 Å². The number of fused-ring (bicyclic) bond motifs is 1. The largest absolute Gasteiger partial charge is 0.351 e. The molecule has 4 rings (SSSR count). The van der Waals surface area contributed by atoms with Gasteiger partial charge in [0, 0.05) is 54.9 Å². The van der Waals surface area contributed by atoms with Gasteiger partial charge in [-0.25, -0.2) is 0 Å². The zero-order valence-electron chi connectivity index (χ0n) is 20.6. The third kappa shape index (κ3) is 4.90. The molecule has 0 fully saturated rings. The molecule has 1 aliphatic rings. The minimum absolute atomic E-state index is 0.0175. The normalized spacial score (nSPS) is 13.6. The second-order valence-corrected chi connectivity index (χ2v) is 9.93. The average Bonchev–Trinajstić information content (AvgIpc) is 3.43. The van der Waals surface area contributed by atoms with Crippen molar-refractivity contribution < 1.29 is 14.1 Å². The summed E-state index contributed by atoms with van der Waals surface area (Å²) >= 11 is 0. The highest BCUT2D eigenvalue weighted by Gasteiger charge is 2.28. The molecule has 0 radical (unpaired) electrons. The van der Waals surface area contributed by atoms with Crippen LogP contribution >= 0.6 is 0 Å². The van der Waals surface area contributed by atoms with Crippen molar-refractivity contribution in [2.75, 3.05) is 6.54 Å². The van der Waals surface area contributed by atoms with Gasteiger partial charge in [-0.15, -0.1) is 0 Å². The average molecular weight is 464 g/mol. The molecule has 34 heavy (non-hydrogen) atoms. The van der Waals surface area contributed by atoms with Crippen LogP contribution in [0.1, 0.15) is 83.2 Å². The lowest BCUT2D eigenvalue weighted by Crippen LogP contribution is -2.36. The summed E-state index contributed by atoms with van der Waals surface area (Å²) in [5, 5.41) is 11.5. The fraction of sp³-hybridized carbons (Fsp3) is 0.462. The second kappa shape index (κ2) is 9.44. The summed E-state index contributed by atoms with van der Waals surface area (Å²) in [5.41, 5.74) is 5.32. The smallest absolute Gasteiger partial charge is 0.290 e. The Morgan fingerprint density at radius 3 is 2.56 bits per heavy atom. The minimum Gasteiger partial charge on any atom is -0.351 e. The van der Waals surface area contributed by atoms with E-state index in [0.717, 1.165) is 41.9 Å². The number of benzene rings is 1. The van der Waals surface area contributed by atoms with Gasteiger partial charge in [-0.05, 0) is 24.1 Å². The van der Waals surface area contributed by atoms with Gasteiger partial charge >= 0.3 is 0 Å². The van der Waals surface area contributed by atoms with Crippen LogP contribution in [0.25, 0.3) is 0 Å². The molecule has 1 aliphatic heterocycles. The van der Waals surface area contributed by atoms with Gasteiger partial charge < -0.3 is 14.7 Å². The lowest BCUT2D eigenvalue weighted by Gasteiger charge is -2.28. The van der Waals surface area contributed by atoms with Gasteiger partial charge in [0.1, 0.15) is 0 Å². The van der Waals surface area contributed by atoms with E-state index in [4.69, 9.17) is 4.52 Å². The number of hydrogen-bond acceptors (Lipinski definition) is 5. The zero-order valence-corrected chi connectivity index (χ0v) is 20.6. The van der Waals surface area contributed by atoms with Crippen LogP contribution in [-0.4, -0.2) is 38.2 Å². The molecule has 8 nitrogen and oxygen atoms in total. The van der Waals surface area contributed by atoms with E-state index in [2.05, 4.69) is 22.5 Å². The van der Waals surface area contributed by atoms with E-state index in [-0.39, 0.29) is 29.5 Å². The molecule has 0 saturated carbocycles. The molecule has 0 unspecified atom stereocenters. The first-order valence-corrected chi connectivity index (χ1v) is 11.8. The maximum Gasteiger partial charge on any atom is 0.290 e. The summed E-state index contributed by atoms with van der Waals surface area (Å²) in [6.45, 7) is 9.55. The number of carbonyl (C=O) groups is 2. The summed E-state index contributed by atoms with van der Waals surface area (Å²) < 4.78 is 7.09. The zero-order chi connectivity index (χ0) is 24.5. The maximum atomic E-state index is 13.1. The van der Waals surface area contributed by atoms with Crippen LogP contribution in [0.2, 0.25) is 0 Å². The van der Waals surface area contributed by atoms with E-state index in [1.54, 1.807) is 6.07 Å². The summed E-state index contributed by atoms with van der Waals surface area (Å²) in [6.07, 6.45) is 2.82. The minimum atomic E-state index is -0.335. The van der Waals surface area contributed by atoms with Crippen molar-refractivity contribution in [3.05, 3.63) is 69.9 Å². The van der Waals surface area contributed by atoms with Crippen LogP contribution in [0.5, 0.6) is 0 Å². The molecule has 1 aromatic carbocycles. The molecule has 0 spiro atoms. The third-order valence-corrected chi connectivity index (χ3v) is 6.27. The molecule has 0 aliphatic carbocycles. The summed E-state index contributed by atoms with van der Waals surface area (Å²) in [6, 6.07) is 9.57. The Morgan fingerprint density at radius 1 is 1.18 bits per heavy atom. The molecule has 8 heteroatoms. The van der Waals surface area contributed by atoms with E-state index >= 15 is 0 Å². The van der Waals surface area contributed by atoms with E-state index in [9.17, 15) is 9.59 Å². The number of aromatic nitrogens is 3. The Balaban J connectivity index is 1.45. The second-order valence-electron chi connectivity index (χ2n) is 9.93.